The van der Waals surface area contributed by atoms with E-state index in [1.165, 1.54) is 18.1 Å². The Morgan fingerprint density at radius 3 is 2.75 bits per heavy atom. The van der Waals surface area contributed by atoms with Crippen molar-refractivity contribution < 1.29 is 0 Å². The first kappa shape index (κ1) is 10.8. The van der Waals surface area contributed by atoms with E-state index < -0.39 is 0 Å². The molecule has 2 rings (SSSR count). The van der Waals surface area contributed by atoms with Crippen LogP contribution in [-0.4, -0.2) is 27.0 Å². The van der Waals surface area contributed by atoms with Crippen molar-refractivity contribution in [1.82, 2.24) is 19.9 Å². The molecule has 16 heavy (non-hydrogen) atoms. The number of nitrogens with zero attached hydrogens (tertiary/aromatic N) is 4. The summed E-state index contributed by atoms with van der Waals surface area (Å²) in [7, 11) is 1.84. The van der Waals surface area contributed by atoms with Gasteiger partial charge in [-0.2, -0.15) is 0 Å². The van der Waals surface area contributed by atoms with Gasteiger partial charge in [0.25, 0.3) is 0 Å². The van der Waals surface area contributed by atoms with Crippen LogP contribution in [0.2, 0.25) is 0 Å². The van der Waals surface area contributed by atoms with Gasteiger partial charge >= 0.3 is 0 Å². The molecule has 2 heterocycles. The summed E-state index contributed by atoms with van der Waals surface area (Å²) in [6, 6.07) is 0. The van der Waals surface area contributed by atoms with Crippen LogP contribution in [0.1, 0.15) is 5.56 Å². The highest BCUT2D eigenvalue weighted by Gasteiger charge is 2.07. The molecule has 82 valence electrons. The molecule has 0 saturated carbocycles. The highest BCUT2D eigenvalue weighted by atomic mass is 32.2. The maximum absolute atomic E-state index is 4.23. The first-order chi connectivity index (χ1) is 7.81. The van der Waals surface area contributed by atoms with Crippen molar-refractivity contribution in [3.63, 3.8) is 0 Å². The Labute approximate surface area is 97.8 Å². The Bertz CT molecular complexity index is 474. The monoisotopic (exact) mass is 233 g/mol. The molecule has 0 spiro atoms. The molecule has 0 aromatic carbocycles. The van der Waals surface area contributed by atoms with E-state index in [-0.39, 0.29) is 0 Å². The quantitative estimate of drug-likeness (QED) is 0.815. The number of aromatic nitrogens is 4. The Morgan fingerprint density at radius 2 is 2.06 bits per heavy atom. The number of hydrogen-bond donors (Lipinski definition) is 1. The Morgan fingerprint density at radius 1 is 1.19 bits per heavy atom. The van der Waals surface area contributed by atoms with Crippen molar-refractivity contribution in [2.45, 2.75) is 17.0 Å². The summed E-state index contributed by atoms with van der Waals surface area (Å²) in [5, 5.41) is 4.74. The molecule has 0 amide bonds. The van der Waals surface area contributed by atoms with E-state index in [1.54, 1.807) is 18.6 Å². The lowest BCUT2D eigenvalue weighted by Crippen LogP contribution is -1.98. The van der Waals surface area contributed by atoms with E-state index in [1.807, 2.05) is 14.0 Å². The van der Waals surface area contributed by atoms with Gasteiger partial charge in [0.05, 0.1) is 6.20 Å². The largest absolute Gasteiger partial charge is 0.373 e. The fourth-order valence-electron chi connectivity index (χ4n) is 1.23. The molecular formula is C10H11N5S. The summed E-state index contributed by atoms with van der Waals surface area (Å²) in [4.78, 5) is 16.6. The SMILES string of the molecule is CNc1ncnc(Sc2cnccn2)c1C. The summed E-state index contributed by atoms with van der Waals surface area (Å²) in [5.41, 5.74) is 1.01. The summed E-state index contributed by atoms with van der Waals surface area (Å²) in [6.45, 7) is 1.98. The summed E-state index contributed by atoms with van der Waals surface area (Å²) in [5.74, 6) is 0.835. The van der Waals surface area contributed by atoms with Crippen LogP contribution < -0.4 is 5.32 Å². The molecule has 0 radical (unpaired) electrons. The normalized spacial score (nSPS) is 10.1. The van der Waals surface area contributed by atoms with Gasteiger partial charge in [-0.3, -0.25) is 4.98 Å². The van der Waals surface area contributed by atoms with Gasteiger partial charge in [-0.1, -0.05) is 0 Å². The molecule has 5 nitrogen and oxygen atoms in total. The number of anilines is 1. The zero-order chi connectivity index (χ0) is 11.4. The molecule has 0 fully saturated rings. The second kappa shape index (κ2) is 4.89. The average molecular weight is 233 g/mol. The second-order valence-electron chi connectivity index (χ2n) is 3.05. The second-order valence-corrected chi connectivity index (χ2v) is 4.06. The van der Waals surface area contributed by atoms with Crippen LogP contribution in [-0.2, 0) is 0 Å². The maximum atomic E-state index is 4.23. The minimum Gasteiger partial charge on any atom is -0.373 e. The van der Waals surface area contributed by atoms with Crippen LogP contribution in [0, 0.1) is 6.92 Å². The van der Waals surface area contributed by atoms with Crippen LogP contribution in [0.15, 0.2) is 35.0 Å². The molecule has 1 N–H and O–H groups in total. The lowest BCUT2D eigenvalue weighted by atomic mass is 10.3. The highest BCUT2D eigenvalue weighted by molar-refractivity contribution is 7.99. The van der Waals surface area contributed by atoms with Gasteiger partial charge in [0, 0.05) is 25.0 Å². The number of hydrogen-bond acceptors (Lipinski definition) is 6. The topological polar surface area (TPSA) is 63.6 Å². The van der Waals surface area contributed by atoms with Crippen LogP contribution >= 0.6 is 11.8 Å². The van der Waals surface area contributed by atoms with E-state index >= 15 is 0 Å². The summed E-state index contributed by atoms with van der Waals surface area (Å²) >= 11 is 1.48. The van der Waals surface area contributed by atoms with Crippen LogP contribution in [0.5, 0.6) is 0 Å². The number of rotatable bonds is 3. The van der Waals surface area contributed by atoms with Crippen molar-refractivity contribution >= 4 is 17.6 Å². The molecule has 0 aliphatic carbocycles. The first-order valence-electron chi connectivity index (χ1n) is 4.74. The lowest BCUT2D eigenvalue weighted by Gasteiger charge is -2.07. The van der Waals surface area contributed by atoms with E-state index in [9.17, 15) is 0 Å². The lowest BCUT2D eigenvalue weighted by molar-refractivity contribution is 0.990. The predicted octanol–water partition coefficient (Wildman–Crippen LogP) is 1.77. The molecule has 0 saturated heterocycles. The minimum absolute atomic E-state index is 0.825. The van der Waals surface area contributed by atoms with E-state index in [4.69, 9.17) is 0 Å². The molecular weight excluding hydrogens is 222 g/mol. The van der Waals surface area contributed by atoms with Crippen LogP contribution in [0.4, 0.5) is 5.82 Å². The zero-order valence-corrected chi connectivity index (χ0v) is 9.82. The average Bonchev–Trinajstić information content (AvgIpc) is 2.33. The van der Waals surface area contributed by atoms with Gasteiger partial charge in [0.15, 0.2) is 0 Å². The van der Waals surface area contributed by atoms with Gasteiger partial charge in [-0.25, -0.2) is 15.0 Å². The third kappa shape index (κ3) is 2.27. The fourth-order valence-corrected chi connectivity index (χ4v) is 2.00. The van der Waals surface area contributed by atoms with Crippen molar-refractivity contribution in [1.29, 1.82) is 0 Å². The molecule has 0 aliphatic rings. The third-order valence-electron chi connectivity index (χ3n) is 2.02. The van der Waals surface area contributed by atoms with Gasteiger partial charge in [0.1, 0.15) is 22.2 Å². The van der Waals surface area contributed by atoms with Gasteiger partial charge in [0.2, 0.25) is 0 Å². The molecule has 0 unspecified atom stereocenters. The smallest absolute Gasteiger partial charge is 0.133 e. The van der Waals surface area contributed by atoms with Crippen molar-refractivity contribution in [2.75, 3.05) is 12.4 Å². The van der Waals surface area contributed by atoms with Gasteiger partial charge in [-0.15, -0.1) is 0 Å². The van der Waals surface area contributed by atoms with E-state index in [2.05, 4.69) is 25.3 Å². The highest BCUT2D eigenvalue weighted by Crippen LogP contribution is 2.28. The summed E-state index contributed by atoms with van der Waals surface area (Å²) in [6.07, 6.45) is 6.57. The fraction of sp³-hybridized carbons (Fsp3) is 0.200. The predicted molar refractivity (Wildman–Crippen MR) is 62.5 cm³/mol. The minimum atomic E-state index is 0.825. The third-order valence-corrected chi connectivity index (χ3v) is 3.04. The molecule has 6 heteroatoms. The first-order valence-corrected chi connectivity index (χ1v) is 5.56. The van der Waals surface area contributed by atoms with Gasteiger partial charge in [-0.05, 0) is 18.7 Å². The Balaban J connectivity index is 2.28. The van der Waals surface area contributed by atoms with Crippen LogP contribution in [0.25, 0.3) is 0 Å². The standard InChI is InChI=1S/C10H11N5S/c1-7-9(11-2)14-6-15-10(7)16-8-5-12-3-4-13-8/h3-6H,1-2H3,(H,11,14,15). The molecule has 0 bridgehead atoms. The molecule has 0 atom stereocenters. The van der Waals surface area contributed by atoms with Gasteiger partial charge < -0.3 is 5.32 Å². The number of nitrogens with one attached hydrogen (secondary N) is 1. The van der Waals surface area contributed by atoms with Crippen LogP contribution in [0.3, 0.4) is 0 Å². The van der Waals surface area contributed by atoms with Crippen molar-refractivity contribution in [2.24, 2.45) is 0 Å². The Kier molecular flexibility index (Phi) is 3.31. The van der Waals surface area contributed by atoms with E-state index in [0.717, 1.165) is 21.4 Å². The molecule has 0 aliphatic heterocycles. The Hall–Kier alpha value is -1.69. The molecule has 2 aromatic rings. The maximum Gasteiger partial charge on any atom is 0.133 e. The van der Waals surface area contributed by atoms with Crippen molar-refractivity contribution in [3.05, 3.63) is 30.5 Å². The zero-order valence-electron chi connectivity index (χ0n) is 9.01. The molecule has 2 aromatic heterocycles. The summed E-state index contributed by atoms with van der Waals surface area (Å²) < 4.78 is 0. The van der Waals surface area contributed by atoms with E-state index in [0.29, 0.717) is 0 Å². The van der Waals surface area contributed by atoms with Crippen molar-refractivity contribution in [3.8, 4) is 0 Å².